The molecule has 1 aromatic heterocycles. The molecular formula is C13H11Cl3N2OS. The van der Waals surface area contributed by atoms with Gasteiger partial charge in [-0.25, -0.2) is 9.97 Å². The quantitative estimate of drug-likeness (QED) is 0.701. The molecule has 20 heavy (non-hydrogen) atoms. The lowest BCUT2D eigenvalue weighted by Crippen LogP contribution is -2.00. The van der Waals surface area contributed by atoms with Gasteiger partial charge in [0.05, 0.1) is 5.02 Å². The van der Waals surface area contributed by atoms with Gasteiger partial charge in [-0.05, 0) is 25.1 Å². The zero-order chi connectivity index (χ0) is 14.5. The summed E-state index contributed by atoms with van der Waals surface area (Å²) in [4.78, 5) is 9.30. The van der Waals surface area contributed by atoms with Crippen molar-refractivity contribution >= 4 is 46.6 Å². The van der Waals surface area contributed by atoms with Crippen molar-refractivity contribution < 1.29 is 4.74 Å². The van der Waals surface area contributed by atoms with Gasteiger partial charge in [0.1, 0.15) is 16.8 Å². The molecule has 0 spiro atoms. The maximum absolute atomic E-state index is 6.13. The molecular weight excluding hydrogens is 339 g/mol. The Morgan fingerprint density at radius 1 is 1.15 bits per heavy atom. The van der Waals surface area contributed by atoms with Crippen molar-refractivity contribution in [3.63, 3.8) is 0 Å². The van der Waals surface area contributed by atoms with E-state index in [0.717, 1.165) is 4.90 Å². The zero-order valence-corrected chi connectivity index (χ0v) is 13.7. The molecule has 7 heteroatoms. The highest BCUT2D eigenvalue weighted by Crippen LogP contribution is 2.34. The molecule has 0 aliphatic carbocycles. The van der Waals surface area contributed by atoms with Gasteiger partial charge < -0.3 is 4.74 Å². The maximum Gasteiger partial charge on any atom is 0.157 e. The lowest BCUT2D eigenvalue weighted by molar-refractivity contribution is 0.128. The minimum absolute atomic E-state index is 0.327. The molecule has 0 aliphatic heterocycles. The van der Waals surface area contributed by atoms with Crippen LogP contribution in [0.15, 0.2) is 34.2 Å². The molecule has 3 nitrogen and oxygen atoms in total. The summed E-state index contributed by atoms with van der Waals surface area (Å²) >= 11 is 19.5. The number of hydrogen-bond donors (Lipinski definition) is 0. The molecule has 106 valence electrons. The van der Waals surface area contributed by atoms with Gasteiger partial charge >= 0.3 is 0 Å². The molecule has 0 amide bonds. The summed E-state index contributed by atoms with van der Waals surface area (Å²) in [5, 5.41) is 2.30. The number of benzene rings is 1. The van der Waals surface area contributed by atoms with Crippen LogP contribution < -0.4 is 0 Å². The third-order valence-corrected chi connectivity index (χ3v) is 4.11. The largest absolute Gasteiger partial charge is 0.374 e. The highest BCUT2D eigenvalue weighted by Gasteiger charge is 2.08. The van der Waals surface area contributed by atoms with Crippen LogP contribution in [-0.2, 0) is 11.3 Å². The fourth-order valence-corrected chi connectivity index (χ4v) is 3.05. The summed E-state index contributed by atoms with van der Waals surface area (Å²) in [5.41, 5.74) is 0. The van der Waals surface area contributed by atoms with Crippen LogP contribution in [0, 0.1) is 0 Å². The first-order chi connectivity index (χ1) is 9.58. The van der Waals surface area contributed by atoms with Crippen molar-refractivity contribution in [2.75, 3.05) is 6.61 Å². The number of hydrogen-bond acceptors (Lipinski definition) is 4. The third kappa shape index (κ3) is 4.50. The van der Waals surface area contributed by atoms with E-state index in [9.17, 15) is 0 Å². The van der Waals surface area contributed by atoms with Crippen LogP contribution in [0.25, 0.3) is 0 Å². The Morgan fingerprint density at radius 3 is 2.70 bits per heavy atom. The van der Waals surface area contributed by atoms with E-state index in [1.807, 2.05) is 6.92 Å². The van der Waals surface area contributed by atoms with Gasteiger partial charge in [0.25, 0.3) is 0 Å². The van der Waals surface area contributed by atoms with Gasteiger partial charge in [-0.15, -0.1) is 0 Å². The number of halogens is 3. The summed E-state index contributed by atoms with van der Waals surface area (Å²) < 4.78 is 5.28. The second-order valence-corrected chi connectivity index (χ2v) is 6.05. The van der Waals surface area contributed by atoms with E-state index in [1.165, 1.54) is 11.8 Å². The molecule has 2 aromatic rings. The van der Waals surface area contributed by atoms with Crippen LogP contribution in [0.4, 0.5) is 0 Å². The predicted molar refractivity (Wildman–Crippen MR) is 83.0 cm³/mol. The van der Waals surface area contributed by atoms with Crippen molar-refractivity contribution in [2.24, 2.45) is 0 Å². The Bertz CT molecular complexity index is 610. The second-order valence-electron chi connectivity index (χ2n) is 3.76. The summed E-state index contributed by atoms with van der Waals surface area (Å²) in [5.74, 6) is 0.542. The van der Waals surface area contributed by atoms with Crippen molar-refractivity contribution in [2.45, 2.75) is 23.5 Å². The monoisotopic (exact) mass is 348 g/mol. The lowest BCUT2D eigenvalue weighted by Gasteiger charge is -2.07. The van der Waals surface area contributed by atoms with Crippen LogP contribution in [-0.4, -0.2) is 16.6 Å². The average Bonchev–Trinajstić information content (AvgIpc) is 2.40. The van der Waals surface area contributed by atoms with Gasteiger partial charge in [0.2, 0.25) is 0 Å². The molecule has 0 fully saturated rings. The molecule has 0 bridgehead atoms. The van der Waals surface area contributed by atoms with Crippen LogP contribution in [0.1, 0.15) is 12.7 Å². The summed E-state index contributed by atoms with van der Waals surface area (Å²) in [6.07, 6.45) is 0. The molecule has 0 unspecified atom stereocenters. The van der Waals surface area contributed by atoms with Gasteiger partial charge in [-0.2, -0.15) is 0 Å². The van der Waals surface area contributed by atoms with Gasteiger partial charge in [-0.1, -0.05) is 46.6 Å². The fourth-order valence-electron chi connectivity index (χ4n) is 1.42. The number of aromatic nitrogens is 2. The van der Waals surface area contributed by atoms with Crippen molar-refractivity contribution in [3.05, 3.63) is 45.3 Å². The topological polar surface area (TPSA) is 35.0 Å². The van der Waals surface area contributed by atoms with Crippen molar-refractivity contribution in [3.8, 4) is 0 Å². The first-order valence-electron chi connectivity index (χ1n) is 5.82. The SMILES string of the molecule is CCOCc1nc(Cl)cc(Sc2cc(Cl)ccc2Cl)n1. The van der Waals surface area contributed by atoms with E-state index in [4.69, 9.17) is 39.5 Å². The highest BCUT2D eigenvalue weighted by molar-refractivity contribution is 7.99. The van der Waals surface area contributed by atoms with E-state index >= 15 is 0 Å². The van der Waals surface area contributed by atoms with Crippen LogP contribution in [0.3, 0.4) is 0 Å². The molecule has 0 saturated carbocycles. The number of rotatable bonds is 5. The molecule has 2 rings (SSSR count). The summed E-state index contributed by atoms with van der Waals surface area (Å²) in [7, 11) is 0. The first-order valence-corrected chi connectivity index (χ1v) is 7.77. The Kier molecular flexibility index (Phi) is 5.93. The van der Waals surface area contributed by atoms with Gasteiger partial charge in [0, 0.05) is 22.6 Å². The minimum Gasteiger partial charge on any atom is -0.374 e. The number of nitrogens with zero attached hydrogens (tertiary/aromatic N) is 2. The molecule has 0 radical (unpaired) electrons. The molecule has 1 aromatic carbocycles. The lowest BCUT2D eigenvalue weighted by atomic mass is 10.4. The molecule has 0 atom stereocenters. The maximum atomic E-state index is 6.13. The van der Waals surface area contributed by atoms with E-state index in [1.54, 1.807) is 24.3 Å². The zero-order valence-electron chi connectivity index (χ0n) is 10.6. The Morgan fingerprint density at radius 2 is 1.95 bits per heavy atom. The summed E-state index contributed by atoms with van der Waals surface area (Å²) in [6.45, 7) is 2.83. The predicted octanol–water partition coefficient (Wildman–Crippen LogP) is 5.12. The average molecular weight is 350 g/mol. The van der Waals surface area contributed by atoms with E-state index in [0.29, 0.717) is 39.3 Å². The molecule has 1 heterocycles. The van der Waals surface area contributed by atoms with Crippen LogP contribution in [0.2, 0.25) is 15.2 Å². The minimum atomic E-state index is 0.327. The molecule has 0 saturated heterocycles. The van der Waals surface area contributed by atoms with Crippen LogP contribution >= 0.6 is 46.6 Å². The van der Waals surface area contributed by atoms with Crippen molar-refractivity contribution in [1.82, 2.24) is 9.97 Å². The van der Waals surface area contributed by atoms with E-state index in [-0.39, 0.29) is 0 Å². The highest BCUT2D eigenvalue weighted by atomic mass is 35.5. The van der Waals surface area contributed by atoms with E-state index in [2.05, 4.69) is 9.97 Å². The van der Waals surface area contributed by atoms with Crippen LogP contribution in [0.5, 0.6) is 0 Å². The Balaban J connectivity index is 2.24. The smallest absolute Gasteiger partial charge is 0.157 e. The Hall–Kier alpha value is -0.520. The first kappa shape index (κ1) is 15.9. The summed E-state index contributed by atoms with van der Waals surface area (Å²) in [6, 6.07) is 6.95. The fraction of sp³-hybridized carbons (Fsp3) is 0.231. The number of ether oxygens (including phenoxy) is 1. The van der Waals surface area contributed by atoms with Gasteiger partial charge in [0.15, 0.2) is 5.82 Å². The van der Waals surface area contributed by atoms with Crippen molar-refractivity contribution in [1.29, 1.82) is 0 Å². The van der Waals surface area contributed by atoms with E-state index < -0.39 is 0 Å². The van der Waals surface area contributed by atoms with Gasteiger partial charge in [-0.3, -0.25) is 0 Å². The standard InChI is InChI=1S/C13H11Cl3N2OS/c1-2-19-7-12-17-11(16)6-13(18-12)20-10-5-8(14)3-4-9(10)15/h3-6H,2,7H2,1H3. The second kappa shape index (κ2) is 7.48. The Labute approximate surface area is 136 Å². The molecule has 0 aliphatic rings. The normalized spacial score (nSPS) is 10.8. The molecule has 0 N–H and O–H groups in total. The third-order valence-electron chi connectivity index (χ3n) is 2.26.